The number of rotatable bonds is 7. The van der Waals surface area contributed by atoms with Gasteiger partial charge in [-0.3, -0.25) is 0 Å². The van der Waals surface area contributed by atoms with Crippen molar-refractivity contribution < 1.29 is 15.9 Å². The standard InChI is InChI=1S/C14H32P2.2ClH.Pd/c1-11(2)15(12(3)4)9-10-16(13(5)6)14(7)8;;;/h11-14H,9-10H2,1-8H3;2*1H;/q;;;+2. The van der Waals surface area contributed by atoms with Gasteiger partial charge in [0.1, 0.15) is 0 Å². The van der Waals surface area contributed by atoms with E-state index in [1.165, 1.54) is 0 Å². The van der Waals surface area contributed by atoms with Gasteiger partial charge < -0.3 is 0 Å². The number of hydrogen-bond donors (Lipinski definition) is 0. The molecule has 0 aliphatic rings. The third-order valence-electron chi connectivity index (χ3n) is 3.67. The molecule has 0 aromatic rings. The van der Waals surface area contributed by atoms with Crippen molar-refractivity contribution in [3.8, 4) is 0 Å². The third-order valence-corrected chi connectivity index (χ3v) is 11.8. The van der Waals surface area contributed by atoms with Gasteiger partial charge in [0.15, 0.2) is 0 Å². The van der Waals surface area contributed by atoms with Crippen LogP contribution in [0, 0.1) is 0 Å². The number of halogens is 2. The zero-order valence-corrected chi connectivity index (χ0v) is 18.9. The molecule has 0 aromatic heterocycles. The molecule has 0 bridgehead atoms. The molecule has 0 saturated heterocycles. The maximum atomic E-state index is 4.81. The first kappa shape index (κ1) is 23.4. The van der Waals surface area contributed by atoms with Gasteiger partial charge in [0.2, 0.25) is 0 Å². The van der Waals surface area contributed by atoms with Gasteiger partial charge >= 0.3 is 35.0 Å². The van der Waals surface area contributed by atoms with Crippen molar-refractivity contribution in [3.63, 3.8) is 0 Å². The van der Waals surface area contributed by atoms with Crippen LogP contribution in [-0.4, -0.2) is 35.0 Å². The van der Waals surface area contributed by atoms with Crippen molar-refractivity contribution in [3.05, 3.63) is 0 Å². The van der Waals surface area contributed by atoms with E-state index in [1.54, 1.807) is 12.3 Å². The molecule has 0 aromatic carbocycles. The summed E-state index contributed by atoms with van der Waals surface area (Å²) in [4.78, 5) is 0. The SMILES string of the molecule is CC(C)[PH+](CC[PH+](C(C)C)C(C)C)C(C)C.[Cl][Pd][Cl]. The van der Waals surface area contributed by atoms with Gasteiger partial charge in [-0.2, -0.15) is 0 Å². The summed E-state index contributed by atoms with van der Waals surface area (Å²) in [6.07, 6.45) is 3.12. The normalized spacial score (nSPS) is 12.2. The molecule has 0 rings (SSSR count). The summed E-state index contributed by atoms with van der Waals surface area (Å²) < 4.78 is 0. The molecule has 0 N–H and O–H groups in total. The van der Waals surface area contributed by atoms with Crippen molar-refractivity contribution in [2.45, 2.75) is 78.0 Å². The van der Waals surface area contributed by atoms with Crippen LogP contribution in [0.4, 0.5) is 0 Å². The summed E-state index contributed by atoms with van der Waals surface area (Å²) in [6, 6.07) is 0. The first-order valence-corrected chi connectivity index (χ1v) is 14.9. The Kier molecular flexibility index (Phi) is 16.9. The van der Waals surface area contributed by atoms with Crippen molar-refractivity contribution >= 4 is 34.9 Å². The first-order chi connectivity index (χ1) is 8.68. The molecule has 0 atom stereocenters. The van der Waals surface area contributed by atoms with Crippen LogP contribution in [0.1, 0.15) is 55.4 Å². The Labute approximate surface area is 140 Å². The molecule has 0 unspecified atom stereocenters. The molecule has 0 aliphatic heterocycles. The van der Waals surface area contributed by atoms with E-state index in [4.69, 9.17) is 19.1 Å². The predicted octanol–water partition coefficient (Wildman–Crippen LogP) is 6.42. The molecular weight excluding hydrogens is 407 g/mol. The van der Waals surface area contributed by atoms with Gasteiger partial charge in [0.05, 0.1) is 35.0 Å². The summed E-state index contributed by atoms with van der Waals surface area (Å²) in [7, 11) is 9.40. The summed E-state index contributed by atoms with van der Waals surface area (Å²) >= 11 is -0.106. The van der Waals surface area contributed by atoms with Crippen LogP contribution in [0.3, 0.4) is 0 Å². The summed E-state index contributed by atoms with van der Waals surface area (Å²) in [5, 5.41) is 0. The average Bonchev–Trinajstić information content (AvgIpc) is 2.22. The maximum absolute atomic E-state index is 4.81. The van der Waals surface area contributed by atoms with Crippen LogP contribution >= 0.6 is 34.9 Å². The zero-order valence-electron chi connectivity index (χ0n) is 13.8. The average molecular weight is 442 g/mol. The third kappa shape index (κ3) is 12.3. The van der Waals surface area contributed by atoms with E-state index in [1.807, 2.05) is 0 Å². The Morgan fingerprint density at radius 3 is 0.895 bits per heavy atom. The summed E-state index contributed by atoms with van der Waals surface area (Å²) in [5.74, 6) is 0. The Hall–Kier alpha value is 2.10. The van der Waals surface area contributed by atoms with Crippen molar-refractivity contribution in [1.82, 2.24) is 0 Å². The topological polar surface area (TPSA) is 0 Å². The second kappa shape index (κ2) is 13.7. The van der Waals surface area contributed by atoms with Gasteiger partial charge in [-0.25, -0.2) is 0 Å². The Bertz CT molecular complexity index is 164. The number of hydrogen-bond acceptors (Lipinski definition) is 0. The quantitative estimate of drug-likeness (QED) is 0.316. The van der Waals surface area contributed by atoms with Crippen molar-refractivity contribution in [1.29, 1.82) is 0 Å². The molecule has 122 valence electrons. The molecular formula is C14H34Cl2P2Pd+2. The molecule has 0 amide bonds. The molecule has 0 nitrogen and oxygen atoms in total. The molecule has 19 heavy (non-hydrogen) atoms. The van der Waals surface area contributed by atoms with Crippen LogP contribution in [0.2, 0.25) is 0 Å². The van der Waals surface area contributed by atoms with E-state index in [0.29, 0.717) is 0 Å². The molecule has 0 fully saturated rings. The van der Waals surface area contributed by atoms with Crippen LogP contribution in [0.15, 0.2) is 0 Å². The molecule has 0 aliphatic carbocycles. The second-order valence-corrected chi connectivity index (χ2v) is 16.6. The second-order valence-electron chi connectivity index (χ2n) is 6.31. The van der Waals surface area contributed by atoms with Crippen molar-refractivity contribution in [2.75, 3.05) is 12.3 Å². The van der Waals surface area contributed by atoms with E-state index in [-0.39, 0.29) is 31.8 Å². The molecule has 0 radical (unpaired) electrons. The van der Waals surface area contributed by atoms with E-state index >= 15 is 0 Å². The van der Waals surface area contributed by atoms with Gasteiger partial charge in [0, 0.05) is 15.8 Å². The van der Waals surface area contributed by atoms with Crippen LogP contribution in [-0.2, 0) is 15.9 Å². The van der Waals surface area contributed by atoms with E-state index in [0.717, 1.165) is 22.6 Å². The Morgan fingerprint density at radius 1 is 0.632 bits per heavy atom. The molecule has 0 heterocycles. The first-order valence-electron chi connectivity index (χ1n) is 7.22. The molecule has 0 saturated carbocycles. The van der Waals surface area contributed by atoms with Crippen molar-refractivity contribution in [2.24, 2.45) is 0 Å². The van der Waals surface area contributed by atoms with Crippen LogP contribution in [0.5, 0.6) is 0 Å². The van der Waals surface area contributed by atoms with Crippen LogP contribution < -0.4 is 0 Å². The Morgan fingerprint density at radius 2 is 0.789 bits per heavy atom. The fraction of sp³-hybridized carbons (Fsp3) is 1.00. The molecule has 0 spiro atoms. The van der Waals surface area contributed by atoms with E-state index < -0.39 is 0 Å². The zero-order chi connectivity index (χ0) is 15.6. The summed E-state index contributed by atoms with van der Waals surface area (Å²) in [6.45, 7) is 19.5. The van der Waals surface area contributed by atoms with Crippen LogP contribution in [0.25, 0.3) is 0 Å². The molecule has 5 heteroatoms. The van der Waals surface area contributed by atoms with E-state index in [2.05, 4.69) is 55.4 Å². The Balaban J connectivity index is 0. The fourth-order valence-corrected chi connectivity index (χ4v) is 10.1. The minimum atomic E-state index is -0.114. The van der Waals surface area contributed by atoms with Gasteiger partial charge in [-0.15, -0.1) is 0 Å². The fourth-order valence-electron chi connectivity index (χ4n) is 2.78. The predicted molar refractivity (Wildman–Crippen MR) is 98.6 cm³/mol. The summed E-state index contributed by atoms with van der Waals surface area (Å²) in [5.41, 5.74) is 3.81. The van der Waals surface area contributed by atoms with E-state index in [9.17, 15) is 0 Å². The van der Waals surface area contributed by atoms with Gasteiger partial charge in [-0.05, 0) is 55.4 Å². The minimum absolute atomic E-state index is 0.106. The van der Waals surface area contributed by atoms with Gasteiger partial charge in [-0.1, -0.05) is 0 Å². The van der Waals surface area contributed by atoms with Gasteiger partial charge in [0.25, 0.3) is 0 Å². The monoisotopic (exact) mass is 440 g/mol.